The number of carbonyl (C=O) groups is 2. The van der Waals surface area contributed by atoms with E-state index in [0.29, 0.717) is 48.5 Å². The van der Waals surface area contributed by atoms with Gasteiger partial charge in [-0.2, -0.15) is 5.26 Å². The second kappa shape index (κ2) is 9.08. The molecule has 2 aliphatic rings. The Labute approximate surface area is 198 Å². The summed E-state index contributed by atoms with van der Waals surface area (Å²) in [5, 5.41) is 13.2. The third-order valence-electron chi connectivity index (χ3n) is 6.33. The van der Waals surface area contributed by atoms with Gasteiger partial charge >= 0.3 is 0 Å². The van der Waals surface area contributed by atoms with Crippen LogP contribution >= 0.6 is 11.3 Å². The van der Waals surface area contributed by atoms with Crippen LogP contribution in [0, 0.1) is 11.3 Å². The first kappa shape index (κ1) is 21.2. The van der Waals surface area contributed by atoms with Crippen molar-refractivity contribution in [3.8, 4) is 6.07 Å². The summed E-state index contributed by atoms with van der Waals surface area (Å²) in [7, 11) is 0. The van der Waals surface area contributed by atoms with E-state index in [9.17, 15) is 14.9 Å². The zero-order chi connectivity index (χ0) is 22.8. The topological polar surface area (TPSA) is 89.0 Å². The molecule has 0 saturated heterocycles. The van der Waals surface area contributed by atoms with Crippen molar-refractivity contribution >= 4 is 34.2 Å². The van der Waals surface area contributed by atoms with Gasteiger partial charge in [0.05, 0.1) is 12.1 Å². The number of rotatable bonds is 5. The van der Waals surface area contributed by atoms with Gasteiger partial charge in [-0.1, -0.05) is 30.4 Å². The van der Waals surface area contributed by atoms with Gasteiger partial charge in [0.2, 0.25) is 5.91 Å². The highest BCUT2D eigenvalue weighted by atomic mass is 32.1. The summed E-state index contributed by atoms with van der Waals surface area (Å²) in [5.41, 5.74) is 5.73. The van der Waals surface area contributed by atoms with Crippen molar-refractivity contribution in [2.75, 3.05) is 11.9 Å². The van der Waals surface area contributed by atoms with Crippen molar-refractivity contribution in [1.82, 2.24) is 9.88 Å². The molecule has 2 amide bonds. The van der Waals surface area contributed by atoms with Gasteiger partial charge in [-0.05, 0) is 54.5 Å². The number of nitrogens with one attached hydrogen (secondary N) is 2. The molecule has 1 aliphatic heterocycles. The number of benzene rings is 1. The molecule has 3 aromatic rings. The number of thiophene rings is 1. The lowest BCUT2D eigenvalue weighted by molar-refractivity contribution is -0.132. The predicted octanol–water partition coefficient (Wildman–Crippen LogP) is 4.92. The first-order valence-corrected chi connectivity index (χ1v) is 12.0. The lowest BCUT2D eigenvalue weighted by Gasteiger charge is -2.27. The normalized spacial score (nSPS) is 14.3. The maximum Gasteiger partial charge on any atom is 0.256 e. The van der Waals surface area contributed by atoms with Crippen LogP contribution in [0.4, 0.5) is 5.00 Å². The molecule has 1 aromatic carbocycles. The van der Waals surface area contributed by atoms with Gasteiger partial charge in [-0.3, -0.25) is 9.59 Å². The van der Waals surface area contributed by atoms with Crippen molar-refractivity contribution in [2.45, 2.75) is 38.6 Å². The number of amides is 2. The van der Waals surface area contributed by atoms with Crippen molar-refractivity contribution < 1.29 is 11.0 Å². The molecule has 0 unspecified atom stereocenters. The van der Waals surface area contributed by atoms with Crippen LogP contribution in [0.3, 0.4) is 0 Å². The molecule has 33 heavy (non-hydrogen) atoms. The quantitative estimate of drug-likeness (QED) is 0.569. The monoisotopic (exact) mass is 458 g/mol. The van der Waals surface area contributed by atoms with E-state index < -0.39 is 0 Å². The maximum absolute atomic E-state index is 13.0. The Bertz CT molecular complexity index is 1290. The van der Waals surface area contributed by atoms with Gasteiger partial charge in [0.15, 0.2) is 0 Å². The summed E-state index contributed by atoms with van der Waals surface area (Å²) in [6, 6.07) is 11.2. The van der Waals surface area contributed by atoms with E-state index in [0.717, 1.165) is 23.3 Å². The zero-order valence-electron chi connectivity index (χ0n) is 18.2. The first-order valence-electron chi connectivity index (χ1n) is 11.2. The molecular formula is C26H26N4O2S. The number of hydrogen-bond donors (Lipinski definition) is 2. The van der Waals surface area contributed by atoms with Crippen molar-refractivity contribution in [3.05, 3.63) is 81.0 Å². The summed E-state index contributed by atoms with van der Waals surface area (Å²) in [5.74, 6) is -0.111. The summed E-state index contributed by atoms with van der Waals surface area (Å²) >= 11 is 1.40. The van der Waals surface area contributed by atoms with Crippen LogP contribution in [0.25, 0.3) is 6.08 Å². The van der Waals surface area contributed by atoms with E-state index in [1.807, 2.05) is 29.3 Å². The summed E-state index contributed by atoms with van der Waals surface area (Å²) < 4.78 is 0. The Balaban J connectivity index is 0.00000274. The van der Waals surface area contributed by atoms with E-state index in [1.165, 1.54) is 28.2 Å². The fourth-order valence-corrected chi connectivity index (χ4v) is 5.77. The molecule has 5 rings (SSSR count). The number of anilines is 1. The van der Waals surface area contributed by atoms with Gasteiger partial charge in [0, 0.05) is 36.7 Å². The van der Waals surface area contributed by atoms with Crippen LogP contribution in [0.1, 0.15) is 57.5 Å². The number of carbonyl (C=O) groups excluding carboxylic acids is 2. The number of H-pyrrole nitrogens is 1. The average Bonchev–Trinajstić information content (AvgIpc) is 3.43. The van der Waals surface area contributed by atoms with Crippen LogP contribution in [0.5, 0.6) is 0 Å². The Morgan fingerprint density at radius 2 is 2.09 bits per heavy atom. The number of aromatic nitrogens is 1. The zero-order valence-corrected chi connectivity index (χ0v) is 19.0. The smallest absolute Gasteiger partial charge is 0.256 e. The lowest BCUT2D eigenvalue weighted by atomic mass is 9.99. The van der Waals surface area contributed by atoms with Crippen LogP contribution in [-0.4, -0.2) is 28.2 Å². The molecule has 0 atom stereocenters. The van der Waals surface area contributed by atoms with Gasteiger partial charge in [-0.15, -0.1) is 11.3 Å². The number of aromatic amines is 1. The molecule has 0 spiro atoms. The van der Waals surface area contributed by atoms with Crippen LogP contribution in [0.15, 0.2) is 42.6 Å². The minimum atomic E-state index is -0.234. The Morgan fingerprint density at radius 1 is 1.24 bits per heavy atom. The third-order valence-corrected chi connectivity index (χ3v) is 7.46. The molecule has 0 radical (unpaired) electrons. The minimum absolute atomic E-state index is 0. The average molecular weight is 459 g/mol. The molecule has 0 fully saturated rings. The Kier molecular flexibility index (Phi) is 5.84. The SMILES string of the molecule is N#Cc1c(NC(=O)c2ccccc2)sc2c1CCN(C(=O)CCc1c[nH]c3c1C=CCC3)C2.[HH]. The predicted molar refractivity (Wildman–Crippen MR) is 131 cm³/mol. The van der Waals surface area contributed by atoms with E-state index in [2.05, 4.69) is 28.5 Å². The molecule has 3 heterocycles. The second-order valence-electron chi connectivity index (χ2n) is 8.35. The number of allylic oxidation sites excluding steroid dienone is 1. The number of hydrogen-bond acceptors (Lipinski definition) is 4. The number of nitriles is 1. The highest BCUT2D eigenvalue weighted by Gasteiger charge is 2.27. The van der Waals surface area contributed by atoms with Crippen molar-refractivity contribution in [3.63, 3.8) is 0 Å². The standard InChI is InChI=1S/C26H24N4O2S.H2/c27-14-21-20-12-13-30(24(31)11-10-18-15-28-22-9-5-4-8-19(18)22)16-23(20)33-26(21)29-25(32)17-6-2-1-3-7-17;/h1-4,6-8,15,28H,5,9-13,16H2,(H,29,32);1H. The minimum Gasteiger partial charge on any atom is -0.364 e. The number of nitrogens with zero attached hydrogens (tertiary/aromatic N) is 2. The van der Waals surface area contributed by atoms with Crippen molar-refractivity contribution in [1.29, 1.82) is 5.26 Å². The molecule has 2 N–H and O–H groups in total. The number of aryl methyl sites for hydroxylation is 2. The summed E-state index contributed by atoms with van der Waals surface area (Å²) in [6.07, 6.45) is 10.3. The highest BCUT2D eigenvalue weighted by Crippen LogP contribution is 2.37. The Morgan fingerprint density at radius 3 is 2.91 bits per heavy atom. The molecule has 0 bridgehead atoms. The molecule has 7 heteroatoms. The van der Waals surface area contributed by atoms with Crippen LogP contribution < -0.4 is 5.32 Å². The first-order chi connectivity index (χ1) is 16.1. The van der Waals surface area contributed by atoms with Gasteiger partial charge < -0.3 is 15.2 Å². The van der Waals surface area contributed by atoms with Crippen LogP contribution in [-0.2, 0) is 30.6 Å². The lowest BCUT2D eigenvalue weighted by Crippen LogP contribution is -2.35. The molecular weight excluding hydrogens is 432 g/mol. The van der Waals surface area contributed by atoms with E-state index >= 15 is 0 Å². The molecule has 1 aliphatic carbocycles. The van der Waals surface area contributed by atoms with E-state index in [-0.39, 0.29) is 13.2 Å². The Hall–Kier alpha value is -3.63. The van der Waals surface area contributed by atoms with Crippen molar-refractivity contribution in [2.24, 2.45) is 0 Å². The fourth-order valence-electron chi connectivity index (χ4n) is 4.56. The molecule has 2 aromatic heterocycles. The van der Waals surface area contributed by atoms with Gasteiger partial charge in [0.1, 0.15) is 11.1 Å². The fraction of sp³-hybridized carbons (Fsp3) is 0.269. The summed E-state index contributed by atoms with van der Waals surface area (Å²) in [6.45, 7) is 1.08. The van der Waals surface area contributed by atoms with Crippen LogP contribution in [0.2, 0.25) is 0 Å². The highest BCUT2D eigenvalue weighted by molar-refractivity contribution is 7.16. The maximum atomic E-state index is 13.0. The molecule has 168 valence electrons. The van der Waals surface area contributed by atoms with E-state index in [4.69, 9.17) is 0 Å². The van der Waals surface area contributed by atoms with E-state index in [1.54, 1.807) is 12.1 Å². The molecule has 0 saturated carbocycles. The largest absolute Gasteiger partial charge is 0.364 e. The molecule has 6 nitrogen and oxygen atoms in total. The van der Waals surface area contributed by atoms with Gasteiger partial charge in [0.25, 0.3) is 5.91 Å². The number of fused-ring (bicyclic) bond motifs is 2. The second-order valence-corrected chi connectivity index (χ2v) is 9.46. The third kappa shape index (κ3) is 4.22. The van der Waals surface area contributed by atoms with Gasteiger partial charge in [-0.25, -0.2) is 0 Å². The summed E-state index contributed by atoms with van der Waals surface area (Å²) in [4.78, 5) is 31.7.